The number of piperidine rings is 1. The Hall–Kier alpha value is -1.39. The third-order valence-electron chi connectivity index (χ3n) is 6.62. The van der Waals surface area contributed by atoms with E-state index in [0.717, 1.165) is 84.0 Å². The van der Waals surface area contributed by atoms with Crippen LogP contribution in [-0.4, -0.2) is 73.3 Å². The van der Waals surface area contributed by atoms with Gasteiger partial charge in [-0.3, -0.25) is 9.79 Å². The average Bonchev–Trinajstić information content (AvgIpc) is 3.50. The fourth-order valence-corrected chi connectivity index (χ4v) is 4.76. The maximum Gasteiger partial charge on any atom is 0.223 e. The van der Waals surface area contributed by atoms with Crippen LogP contribution >= 0.6 is 24.0 Å². The molecular formula is C25H39IN4O3. The fraction of sp³-hybridized carbons (Fsp3) is 0.680. The van der Waals surface area contributed by atoms with Gasteiger partial charge < -0.3 is 24.6 Å². The van der Waals surface area contributed by atoms with Crippen molar-refractivity contribution in [3.63, 3.8) is 0 Å². The Morgan fingerprint density at radius 2 is 1.88 bits per heavy atom. The number of fused-ring (bicyclic) bond motifs is 1. The van der Waals surface area contributed by atoms with E-state index in [1.54, 1.807) is 0 Å². The molecule has 1 amide bonds. The number of hydrogen-bond donors (Lipinski definition) is 1. The number of likely N-dealkylation sites (tertiary alicyclic amines) is 1. The molecule has 3 heterocycles. The van der Waals surface area contributed by atoms with Gasteiger partial charge in [-0.25, -0.2) is 0 Å². The maximum atomic E-state index is 12.6. The lowest BCUT2D eigenvalue weighted by atomic mass is 10.1. The van der Waals surface area contributed by atoms with Crippen molar-refractivity contribution in [2.24, 2.45) is 4.99 Å². The normalized spacial score (nSPS) is 21.1. The Morgan fingerprint density at radius 1 is 1.15 bits per heavy atom. The van der Waals surface area contributed by atoms with Crippen molar-refractivity contribution >= 4 is 35.8 Å². The molecule has 0 bridgehead atoms. The number of nitrogens with one attached hydrogen (secondary N) is 1. The van der Waals surface area contributed by atoms with Gasteiger partial charge in [0.1, 0.15) is 0 Å². The SMILES string of the molecule is CCNC(=NCCCC(=O)N1Cc2ccccc2C1)N1CCC(OCC2CCCO2)CC1.I. The molecule has 3 aliphatic rings. The molecule has 7 nitrogen and oxygen atoms in total. The van der Waals surface area contributed by atoms with E-state index >= 15 is 0 Å². The second kappa shape index (κ2) is 13.5. The average molecular weight is 571 g/mol. The van der Waals surface area contributed by atoms with Crippen molar-refractivity contribution in [1.29, 1.82) is 0 Å². The summed E-state index contributed by atoms with van der Waals surface area (Å²) in [5.41, 5.74) is 2.55. The summed E-state index contributed by atoms with van der Waals surface area (Å²) in [6, 6.07) is 8.32. The molecule has 0 saturated carbocycles. The Kier molecular flexibility index (Phi) is 10.7. The van der Waals surface area contributed by atoms with Crippen LogP contribution in [-0.2, 0) is 27.4 Å². The summed E-state index contributed by atoms with van der Waals surface area (Å²) in [6.07, 6.45) is 6.27. The van der Waals surface area contributed by atoms with Crippen LogP contribution < -0.4 is 5.32 Å². The van der Waals surface area contributed by atoms with Crippen LogP contribution in [0.1, 0.15) is 56.6 Å². The maximum absolute atomic E-state index is 12.6. The molecule has 0 spiro atoms. The van der Waals surface area contributed by atoms with Gasteiger partial charge in [-0.2, -0.15) is 0 Å². The van der Waals surface area contributed by atoms with Crippen LogP contribution in [0.25, 0.3) is 0 Å². The number of carbonyl (C=O) groups is 1. The molecule has 3 aliphatic heterocycles. The Bertz CT molecular complexity index is 752. The number of nitrogens with zero attached hydrogens (tertiary/aromatic N) is 3. The number of amides is 1. The largest absolute Gasteiger partial charge is 0.376 e. The highest BCUT2D eigenvalue weighted by molar-refractivity contribution is 14.0. The molecule has 8 heteroatoms. The highest BCUT2D eigenvalue weighted by Gasteiger charge is 2.25. The topological polar surface area (TPSA) is 66.4 Å². The summed E-state index contributed by atoms with van der Waals surface area (Å²) in [5, 5.41) is 3.42. The lowest BCUT2D eigenvalue weighted by Crippen LogP contribution is -2.47. The molecule has 1 unspecified atom stereocenters. The molecule has 33 heavy (non-hydrogen) atoms. The van der Waals surface area contributed by atoms with Crippen LogP contribution in [0.15, 0.2) is 29.3 Å². The molecular weight excluding hydrogens is 531 g/mol. The van der Waals surface area contributed by atoms with E-state index in [2.05, 4.69) is 29.3 Å². The molecule has 4 rings (SSSR count). The van der Waals surface area contributed by atoms with E-state index in [-0.39, 0.29) is 29.9 Å². The highest BCUT2D eigenvalue weighted by Crippen LogP contribution is 2.23. The summed E-state index contributed by atoms with van der Waals surface area (Å²) in [6.45, 7) is 8.61. The van der Waals surface area contributed by atoms with Crippen LogP contribution in [0.5, 0.6) is 0 Å². The predicted molar refractivity (Wildman–Crippen MR) is 141 cm³/mol. The van der Waals surface area contributed by atoms with Gasteiger partial charge in [0.2, 0.25) is 5.91 Å². The minimum atomic E-state index is 0. The monoisotopic (exact) mass is 570 g/mol. The molecule has 0 radical (unpaired) electrons. The number of hydrogen-bond acceptors (Lipinski definition) is 4. The standard InChI is InChI=1S/C25H38N4O3.HI/c1-2-26-25(28-14-11-22(12-15-28)32-19-23-9-6-16-31-23)27-13-5-10-24(30)29-17-20-7-3-4-8-21(20)18-29;/h3-4,7-8,22-23H,2,5-6,9-19H2,1H3,(H,26,27);1H. The summed E-state index contributed by atoms with van der Waals surface area (Å²) >= 11 is 0. The zero-order chi connectivity index (χ0) is 22.2. The lowest BCUT2D eigenvalue weighted by molar-refractivity contribution is -0.131. The van der Waals surface area contributed by atoms with E-state index in [9.17, 15) is 4.79 Å². The first-order chi connectivity index (χ1) is 15.7. The zero-order valence-electron chi connectivity index (χ0n) is 19.8. The number of aliphatic imine (C=N–C) groups is 1. The molecule has 1 aromatic rings. The molecule has 2 fully saturated rings. The van der Waals surface area contributed by atoms with Gasteiger partial charge in [0.15, 0.2) is 5.96 Å². The molecule has 184 valence electrons. The van der Waals surface area contributed by atoms with Crippen LogP contribution in [0, 0.1) is 0 Å². The number of ether oxygens (including phenoxy) is 2. The zero-order valence-corrected chi connectivity index (χ0v) is 22.2. The summed E-state index contributed by atoms with van der Waals surface area (Å²) < 4.78 is 11.8. The molecule has 1 atom stereocenters. The van der Waals surface area contributed by atoms with Crippen molar-refractivity contribution in [3.05, 3.63) is 35.4 Å². The van der Waals surface area contributed by atoms with Crippen molar-refractivity contribution < 1.29 is 14.3 Å². The van der Waals surface area contributed by atoms with Gasteiger partial charge in [-0.05, 0) is 50.2 Å². The summed E-state index contributed by atoms with van der Waals surface area (Å²) in [7, 11) is 0. The first-order valence-electron chi connectivity index (χ1n) is 12.3. The van der Waals surface area contributed by atoms with Crippen molar-refractivity contribution in [3.8, 4) is 0 Å². The third-order valence-corrected chi connectivity index (χ3v) is 6.62. The lowest BCUT2D eigenvalue weighted by Gasteiger charge is -2.34. The first kappa shape index (κ1) is 26.2. The highest BCUT2D eigenvalue weighted by atomic mass is 127. The second-order valence-corrected chi connectivity index (χ2v) is 9.01. The number of benzene rings is 1. The van der Waals surface area contributed by atoms with Crippen molar-refractivity contribution in [1.82, 2.24) is 15.1 Å². The minimum Gasteiger partial charge on any atom is -0.376 e. The van der Waals surface area contributed by atoms with E-state index in [1.165, 1.54) is 11.1 Å². The van der Waals surface area contributed by atoms with E-state index < -0.39 is 0 Å². The Balaban J connectivity index is 0.00000306. The quantitative estimate of drug-likeness (QED) is 0.224. The van der Waals surface area contributed by atoms with Gasteiger partial charge in [0, 0.05) is 52.3 Å². The third kappa shape index (κ3) is 7.55. The van der Waals surface area contributed by atoms with Crippen LogP contribution in [0.3, 0.4) is 0 Å². The second-order valence-electron chi connectivity index (χ2n) is 9.01. The van der Waals surface area contributed by atoms with E-state index in [1.807, 2.05) is 17.0 Å². The number of guanidine groups is 1. The Labute approximate surface area is 215 Å². The smallest absolute Gasteiger partial charge is 0.223 e. The van der Waals surface area contributed by atoms with Gasteiger partial charge in [-0.1, -0.05) is 24.3 Å². The fourth-order valence-electron chi connectivity index (χ4n) is 4.76. The molecule has 1 aromatic carbocycles. The van der Waals surface area contributed by atoms with Gasteiger partial charge in [0.05, 0.1) is 18.8 Å². The van der Waals surface area contributed by atoms with Crippen molar-refractivity contribution in [2.75, 3.05) is 39.4 Å². The number of halogens is 1. The Morgan fingerprint density at radius 3 is 2.52 bits per heavy atom. The number of carbonyl (C=O) groups excluding carboxylic acids is 1. The van der Waals surface area contributed by atoms with Crippen LogP contribution in [0.2, 0.25) is 0 Å². The predicted octanol–water partition coefficient (Wildman–Crippen LogP) is 3.55. The van der Waals surface area contributed by atoms with E-state index in [0.29, 0.717) is 25.2 Å². The molecule has 0 aromatic heterocycles. The van der Waals surface area contributed by atoms with Gasteiger partial charge in [0.25, 0.3) is 0 Å². The number of rotatable bonds is 8. The minimum absolute atomic E-state index is 0. The molecule has 0 aliphatic carbocycles. The van der Waals surface area contributed by atoms with Gasteiger partial charge >= 0.3 is 0 Å². The van der Waals surface area contributed by atoms with E-state index in [4.69, 9.17) is 14.5 Å². The van der Waals surface area contributed by atoms with Crippen molar-refractivity contribution in [2.45, 2.75) is 70.7 Å². The summed E-state index contributed by atoms with van der Waals surface area (Å²) in [4.78, 5) is 21.7. The van der Waals surface area contributed by atoms with Gasteiger partial charge in [-0.15, -0.1) is 24.0 Å². The first-order valence-corrected chi connectivity index (χ1v) is 12.3. The molecule has 2 saturated heterocycles. The van der Waals surface area contributed by atoms with Crippen LogP contribution in [0.4, 0.5) is 0 Å². The summed E-state index contributed by atoms with van der Waals surface area (Å²) in [5.74, 6) is 1.19. The molecule has 1 N–H and O–H groups in total.